The van der Waals surface area contributed by atoms with Crippen molar-refractivity contribution in [2.45, 2.75) is 50.9 Å². The lowest BCUT2D eigenvalue weighted by Gasteiger charge is -2.08. The average Bonchev–Trinajstić information content (AvgIpc) is 3.31. The maximum absolute atomic E-state index is 11.5. The number of carbonyl (C=O) groups is 2. The Morgan fingerprint density at radius 3 is 1.45 bits per heavy atom. The van der Waals surface area contributed by atoms with Crippen molar-refractivity contribution in [2.24, 2.45) is 20.5 Å². The Morgan fingerprint density at radius 2 is 1.15 bits per heavy atom. The van der Waals surface area contributed by atoms with Gasteiger partial charge in [0.25, 0.3) is 0 Å². The molecule has 0 saturated carbocycles. The van der Waals surface area contributed by atoms with Gasteiger partial charge in [0.2, 0.25) is 11.8 Å². The minimum atomic E-state index is -0.333. The summed E-state index contributed by atoms with van der Waals surface area (Å²) in [6.07, 6.45) is 2.07. The first-order chi connectivity index (χ1) is 9.41. The highest BCUT2D eigenvalue weighted by molar-refractivity contribution is 5.77. The van der Waals surface area contributed by atoms with Gasteiger partial charge in [-0.15, -0.1) is 0 Å². The van der Waals surface area contributed by atoms with E-state index in [0.717, 1.165) is 0 Å². The van der Waals surface area contributed by atoms with Crippen LogP contribution in [0, 0.1) is 0 Å². The van der Waals surface area contributed by atoms with Crippen molar-refractivity contribution in [1.29, 1.82) is 0 Å². The molecule has 2 amide bonds. The van der Waals surface area contributed by atoms with Crippen molar-refractivity contribution in [2.75, 3.05) is 13.1 Å². The summed E-state index contributed by atoms with van der Waals surface area (Å²) in [5.74, 6) is -0.0817. The molecule has 0 aliphatic carbocycles. The molecule has 2 heterocycles. The molecule has 0 aromatic carbocycles. The Kier molecular flexibility index (Phi) is 4.10. The first-order valence-corrected chi connectivity index (χ1v) is 6.82. The van der Waals surface area contributed by atoms with E-state index >= 15 is 0 Å². The van der Waals surface area contributed by atoms with Crippen molar-refractivity contribution >= 4 is 11.8 Å². The van der Waals surface area contributed by atoms with Gasteiger partial charge < -0.3 is 10.6 Å². The Hall–Kier alpha value is -1.86. The number of amides is 2. The van der Waals surface area contributed by atoms with Crippen LogP contribution in [0.1, 0.15) is 39.5 Å². The molecule has 0 fully saturated rings. The molecular weight excluding hydrogens is 260 g/mol. The minimum Gasteiger partial charge on any atom is -0.354 e. The number of nitrogens with one attached hydrogen (secondary N) is 2. The predicted octanol–water partition coefficient (Wildman–Crippen LogP) is 1.14. The van der Waals surface area contributed by atoms with Gasteiger partial charge >= 0.3 is 0 Å². The third kappa shape index (κ3) is 5.02. The smallest absolute Gasteiger partial charge is 0.220 e. The lowest BCUT2D eigenvalue weighted by Crippen LogP contribution is -2.35. The van der Waals surface area contributed by atoms with Gasteiger partial charge in [0.15, 0.2) is 11.3 Å². The van der Waals surface area contributed by atoms with Gasteiger partial charge in [0.1, 0.15) is 0 Å². The molecular formula is C12H20N6O2. The van der Waals surface area contributed by atoms with Crippen LogP contribution in [0.25, 0.3) is 0 Å². The molecule has 0 saturated heterocycles. The average molecular weight is 280 g/mol. The van der Waals surface area contributed by atoms with Crippen LogP contribution in [0.5, 0.6) is 0 Å². The van der Waals surface area contributed by atoms with Crippen LogP contribution in [0.2, 0.25) is 0 Å². The maximum Gasteiger partial charge on any atom is 0.220 e. The molecule has 0 radical (unpaired) electrons. The minimum absolute atomic E-state index is 0.0409. The summed E-state index contributed by atoms with van der Waals surface area (Å²) in [5, 5.41) is 20.9. The fourth-order valence-corrected chi connectivity index (χ4v) is 1.65. The summed E-state index contributed by atoms with van der Waals surface area (Å²) in [7, 11) is 0. The Labute approximate surface area is 117 Å². The number of rotatable bonds is 9. The van der Waals surface area contributed by atoms with Crippen molar-refractivity contribution in [3.8, 4) is 0 Å². The predicted molar refractivity (Wildman–Crippen MR) is 71.0 cm³/mol. The lowest BCUT2D eigenvalue weighted by atomic mass is 10.1. The van der Waals surface area contributed by atoms with Crippen LogP contribution in [0.3, 0.4) is 0 Å². The first kappa shape index (κ1) is 14.5. The Morgan fingerprint density at radius 1 is 0.800 bits per heavy atom. The molecule has 0 aromatic rings. The monoisotopic (exact) mass is 280 g/mol. The highest BCUT2D eigenvalue weighted by Gasteiger charge is 2.34. The van der Waals surface area contributed by atoms with Crippen molar-refractivity contribution in [3.05, 3.63) is 0 Å². The highest BCUT2D eigenvalue weighted by atomic mass is 16.2. The van der Waals surface area contributed by atoms with Crippen molar-refractivity contribution < 1.29 is 9.59 Å². The van der Waals surface area contributed by atoms with Gasteiger partial charge in [-0.3, -0.25) is 9.59 Å². The SMILES string of the molecule is CC1(CCC(=O)NCCNC(=O)CCC2(C)N=N2)N=N1. The normalized spacial score (nSPS) is 19.5. The summed E-state index contributed by atoms with van der Waals surface area (Å²) in [6.45, 7) is 4.64. The zero-order valence-corrected chi connectivity index (χ0v) is 11.8. The highest BCUT2D eigenvalue weighted by Crippen LogP contribution is 2.32. The van der Waals surface area contributed by atoms with Gasteiger partial charge in [-0.1, -0.05) is 0 Å². The molecule has 110 valence electrons. The second-order valence-electron chi connectivity index (χ2n) is 5.53. The van der Waals surface area contributed by atoms with Crippen LogP contribution in [-0.4, -0.2) is 36.2 Å². The standard InChI is InChI=1S/C12H20N6O2/c1-11(15-16-11)5-3-9(19)13-7-8-14-10(20)4-6-12(2)17-18-12/h3-8H2,1-2H3,(H,13,19)(H,14,20). The van der Waals surface area contributed by atoms with Gasteiger partial charge in [0.05, 0.1) is 0 Å². The number of hydrogen-bond donors (Lipinski definition) is 2. The molecule has 2 N–H and O–H groups in total. The molecule has 2 aliphatic rings. The van der Waals surface area contributed by atoms with Gasteiger partial charge in [0, 0.05) is 38.8 Å². The summed E-state index contributed by atoms with van der Waals surface area (Å²) >= 11 is 0. The van der Waals surface area contributed by atoms with Gasteiger partial charge in [-0.2, -0.15) is 20.5 Å². The maximum atomic E-state index is 11.5. The summed E-state index contributed by atoms with van der Waals surface area (Å²) in [5.41, 5.74) is -0.666. The van der Waals surface area contributed by atoms with E-state index < -0.39 is 0 Å². The van der Waals surface area contributed by atoms with E-state index in [0.29, 0.717) is 38.8 Å². The largest absolute Gasteiger partial charge is 0.354 e. The number of nitrogens with zero attached hydrogens (tertiary/aromatic N) is 4. The molecule has 8 heteroatoms. The first-order valence-electron chi connectivity index (χ1n) is 6.82. The summed E-state index contributed by atoms with van der Waals surface area (Å²) in [4.78, 5) is 23.0. The van der Waals surface area contributed by atoms with Crippen LogP contribution < -0.4 is 10.6 Å². The molecule has 2 rings (SSSR count). The summed E-state index contributed by atoms with van der Waals surface area (Å²) < 4.78 is 0. The van der Waals surface area contributed by atoms with E-state index in [4.69, 9.17) is 0 Å². The topological polar surface area (TPSA) is 108 Å². The van der Waals surface area contributed by atoms with E-state index in [2.05, 4.69) is 31.1 Å². The van der Waals surface area contributed by atoms with Crippen LogP contribution >= 0.6 is 0 Å². The molecule has 0 spiro atoms. The van der Waals surface area contributed by atoms with Crippen LogP contribution in [0.15, 0.2) is 20.5 Å². The van der Waals surface area contributed by atoms with E-state index in [1.165, 1.54) is 0 Å². The fraction of sp³-hybridized carbons (Fsp3) is 0.833. The van der Waals surface area contributed by atoms with Crippen LogP contribution in [-0.2, 0) is 9.59 Å². The van der Waals surface area contributed by atoms with Crippen molar-refractivity contribution in [3.63, 3.8) is 0 Å². The van der Waals surface area contributed by atoms with Gasteiger partial charge in [-0.05, 0) is 13.8 Å². The van der Waals surface area contributed by atoms with E-state index in [1.807, 2.05) is 13.8 Å². The fourth-order valence-electron chi connectivity index (χ4n) is 1.65. The number of carbonyl (C=O) groups excluding carboxylic acids is 2. The molecule has 20 heavy (non-hydrogen) atoms. The van der Waals surface area contributed by atoms with Crippen molar-refractivity contribution in [1.82, 2.24) is 10.6 Å². The zero-order valence-electron chi connectivity index (χ0n) is 11.8. The zero-order chi connectivity index (χ0) is 14.6. The third-order valence-electron chi connectivity index (χ3n) is 3.30. The Balaban J connectivity index is 1.44. The summed E-state index contributed by atoms with van der Waals surface area (Å²) in [6, 6.07) is 0. The molecule has 2 aliphatic heterocycles. The number of hydrogen-bond acceptors (Lipinski definition) is 6. The molecule has 0 bridgehead atoms. The third-order valence-corrected chi connectivity index (χ3v) is 3.30. The second kappa shape index (κ2) is 5.64. The molecule has 0 unspecified atom stereocenters. The van der Waals surface area contributed by atoms with E-state index in [9.17, 15) is 9.59 Å². The quantitative estimate of drug-likeness (QED) is 0.618. The second-order valence-corrected chi connectivity index (χ2v) is 5.53. The van der Waals surface area contributed by atoms with E-state index in [1.54, 1.807) is 0 Å². The lowest BCUT2D eigenvalue weighted by molar-refractivity contribution is -0.123. The van der Waals surface area contributed by atoms with Crippen LogP contribution in [0.4, 0.5) is 0 Å². The van der Waals surface area contributed by atoms with E-state index in [-0.39, 0.29) is 23.1 Å². The molecule has 0 aromatic heterocycles. The van der Waals surface area contributed by atoms with Gasteiger partial charge in [-0.25, -0.2) is 0 Å². The molecule has 8 nitrogen and oxygen atoms in total. The Bertz CT molecular complexity index is 405. The molecule has 0 atom stereocenters.